The molecule has 3 fully saturated rings. The van der Waals surface area contributed by atoms with Gasteiger partial charge >= 0.3 is 0 Å². The molecule has 7 nitrogen and oxygen atoms in total. The molecule has 3 aliphatic heterocycles. The molecule has 3 heterocycles. The summed E-state index contributed by atoms with van der Waals surface area (Å²) in [7, 11) is 0. The van der Waals surface area contributed by atoms with Crippen LogP contribution >= 0.6 is 12.4 Å². The van der Waals surface area contributed by atoms with Crippen molar-refractivity contribution in [2.75, 3.05) is 72.1 Å². The Bertz CT molecular complexity index is 432. The summed E-state index contributed by atoms with van der Waals surface area (Å²) in [6, 6.07) is 0. The lowest BCUT2D eigenvalue weighted by Gasteiger charge is -2.35. The number of carbonyl (C=O) groups excluding carboxylic acids is 2. The number of halogens is 1. The van der Waals surface area contributed by atoms with E-state index in [-0.39, 0.29) is 24.2 Å². The normalized spacial score (nSPS) is 23.2. The van der Waals surface area contributed by atoms with Crippen molar-refractivity contribution >= 4 is 24.2 Å². The van der Waals surface area contributed by atoms with Crippen molar-refractivity contribution in [1.82, 2.24) is 20.0 Å². The van der Waals surface area contributed by atoms with Crippen molar-refractivity contribution < 1.29 is 14.3 Å². The van der Waals surface area contributed by atoms with E-state index in [0.29, 0.717) is 25.5 Å². The first-order chi connectivity index (χ1) is 11.7. The highest BCUT2D eigenvalue weighted by Crippen LogP contribution is 2.20. The van der Waals surface area contributed by atoms with Gasteiger partial charge in [-0.15, -0.1) is 12.4 Å². The van der Waals surface area contributed by atoms with E-state index in [9.17, 15) is 9.59 Å². The molecular formula is C17H31ClN4O3. The molecule has 0 aromatic rings. The lowest BCUT2D eigenvalue weighted by Crippen LogP contribution is -2.48. The summed E-state index contributed by atoms with van der Waals surface area (Å²) >= 11 is 0. The Morgan fingerprint density at radius 1 is 0.920 bits per heavy atom. The van der Waals surface area contributed by atoms with Crippen LogP contribution in [0.5, 0.6) is 0 Å². The predicted octanol–water partition coefficient (Wildman–Crippen LogP) is -0.199. The molecule has 1 N–H and O–H groups in total. The maximum Gasteiger partial charge on any atom is 0.225 e. The van der Waals surface area contributed by atoms with Gasteiger partial charge in [0.05, 0.1) is 13.2 Å². The van der Waals surface area contributed by atoms with Gasteiger partial charge in [0.1, 0.15) is 0 Å². The number of likely N-dealkylation sites (tertiary alicyclic amines) is 1. The minimum Gasteiger partial charge on any atom is -0.378 e. The zero-order valence-electron chi connectivity index (χ0n) is 15.0. The van der Waals surface area contributed by atoms with Gasteiger partial charge in [-0.1, -0.05) is 0 Å². The fourth-order valence-electron chi connectivity index (χ4n) is 3.77. The number of nitrogens with zero attached hydrogens (tertiary/aromatic N) is 3. The van der Waals surface area contributed by atoms with Gasteiger partial charge in [-0.05, 0) is 25.9 Å². The number of rotatable bonds is 4. The predicted molar refractivity (Wildman–Crippen MR) is 97.9 cm³/mol. The first-order valence-corrected chi connectivity index (χ1v) is 9.31. The molecule has 0 unspecified atom stereocenters. The third kappa shape index (κ3) is 5.81. The Morgan fingerprint density at radius 2 is 1.56 bits per heavy atom. The molecule has 2 amide bonds. The molecule has 0 spiro atoms. The molecule has 3 rings (SSSR count). The summed E-state index contributed by atoms with van der Waals surface area (Å²) in [5.74, 6) is 0.723. The molecule has 0 aromatic heterocycles. The maximum atomic E-state index is 12.5. The summed E-state index contributed by atoms with van der Waals surface area (Å²) in [5.41, 5.74) is 0. The van der Waals surface area contributed by atoms with E-state index >= 15 is 0 Å². The van der Waals surface area contributed by atoms with Crippen molar-refractivity contribution in [2.24, 2.45) is 5.92 Å². The summed E-state index contributed by atoms with van der Waals surface area (Å²) in [4.78, 5) is 31.0. The molecule has 3 saturated heterocycles. The number of ether oxygens (including phenoxy) is 1. The molecule has 3 aliphatic rings. The van der Waals surface area contributed by atoms with E-state index in [1.54, 1.807) is 0 Å². The molecule has 144 valence electrons. The summed E-state index contributed by atoms with van der Waals surface area (Å²) in [5, 5.41) is 3.27. The number of piperidine rings is 1. The highest BCUT2D eigenvalue weighted by molar-refractivity contribution is 5.85. The van der Waals surface area contributed by atoms with Crippen LogP contribution in [0, 0.1) is 5.92 Å². The van der Waals surface area contributed by atoms with Crippen LogP contribution in [-0.2, 0) is 14.3 Å². The number of hydrogen-bond donors (Lipinski definition) is 1. The van der Waals surface area contributed by atoms with E-state index < -0.39 is 0 Å². The molecule has 0 saturated carbocycles. The van der Waals surface area contributed by atoms with Crippen molar-refractivity contribution in [3.63, 3.8) is 0 Å². The van der Waals surface area contributed by atoms with Crippen LogP contribution in [0.3, 0.4) is 0 Å². The Hall–Kier alpha value is -0.890. The Kier molecular flexibility index (Phi) is 8.42. The van der Waals surface area contributed by atoms with Gasteiger partial charge in [0.2, 0.25) is 11.8 Å². The fraction of sp³-hybridized carbons (Fsp3) is 0.882. The maximum absolute atomic E-state index is 12.5. The number of nitrogens with one attached hydrogen (secondary N) is 1. The fourth-order valence-corrected chi connectivity index (χ4v) is 3.77. The van der Waals surface area contributed by atoms with E-state index in [4.69, 9.17) is 4.74 Å². The first kappa shape index (κ1) is 20.4. The molecule has 0 aliphatic carbocycles. The lowest BCUT2D eigenvalue weighted by atomic mass is 9.95. The zero-order valence-corrected chi connectivity index (χ0v) is 15.8. The van der Waals surface area contributed by atoms with Crippen LogP contribution in [-0.4, -0.2) is 98.6 Å². The third-order valence-corrected chi connectivity index (χ3v) is 5.37. The molecule has 8 heteroatoms. The second-order valence-electron chi connectivity index (χ2n) is 6.93. The largest absolute Gasteiger partial charge is 0.378 e. The lowest BCUT2D eigenvalue weighted by molar-refractivity contribution is -0.141. The van der Waals surface area contributed by atoms with Gasteiger partial charge in [0.15, 0.2) is 0 Å². The Balaban J connectivity index is 0.00000225. The third-order valence-electron chi connectivity index (χ3n) is 5.37. The zero-order chi connectivity index (χ0) is 16.8. The highest BCUT2D eigenvalue weighted by Gasteiger charge is 2.29. The van der Waals surface area contributed by atoms with Crippen LogP contribution in [0.15, 0.2) is 0 Å². The van der Waals surface area contributed by atoms with Crippen LogP contribution in [0.25, 0.3) is 0 Å². The van der Waals surface area contributed by atoms with Crippen LogP contribution in [0.4, 0.5) is 0 Å². The second kappa shape index (κ2) is 10.3. The molecular weight excluding hydrogens is 344 g/mol. The van der Waals surface area contributed by atoms with Gasteiger partial charge in [-0.2, -0.15) is 0 Å². The van der Waals surface area contributed by atoms with E-state index in [0.717, 1.165) is 71.7 Å². The molecule has 0 atom stereocenters. The Morgan fingerprint density at radius 3 is 2.20 bits per heavy atom. The van der Waals surface area contributed by atoms with Gasteiger partial charge < -0.3 is 24.8 Å². The van der Waals surface area contributed by atoms with E-state index in [1.165, 1.54) is 0 Å². The number of amides is 2. The average Bonchev–Trinajstić information content (AvgIpc) is 2.67. The molecule has 0 radical (unpaired) electrons. The van der Waals surface area contributed by atoms with Crippen molar-refractivity contribution in [3.8, 4) is 0 Å². The number of carbonyl (C=O) groups is 2. The first-order valence-electron chi connectivity index (χ1n) is 9.31. The van der Waals surface area contributed by atoms with Crippen molar-refractivity contribution in [3.05, 3.63) is 0 Å². The van der Waals surface area contributed by atoms with Gasteiger partial charge in [-0.3, -0.25) is 9.59 Å². The standard InChI is InChI=1S/C17H30N4O3.ClH/c22-16(20-9-4-18-5-10-20)3-8-19-6-1-15(2-7-19)17(23)21-11-13-24-14-12-21;/h15,18H,1-14H2;1H. The molecule has 0 bridgehead atoms. The Labute approximate surface area is 156 Å². The van der Waals surface area contributed by atoms with Gasteiger partial charge in [0, 0.05) is 58.2 Å². The second-order valence-corrected chi connectivity index (χ2v) is 6.93. The quantitative estimate of drug-likeness (QED) is 0.738. The van der Waals surface area contributed by atoms with Gasteiger partial charge in [-0.25, -0.2) is 0 Å². The number of piperazine rings is 1. The summed E-state index contributed by atoms with van der Waals surface area (Å²) in [6.07, 6.45) is 2.43. The SMILES string of the molecule is Cl.O=C(CCN1CCC(C(=O)N2CCOCC2)CC1)N1CCNCC1. The topological polar surface area (TPSA) is 65.1 Å². The van der Waals surface area contributed by atoms with Crippen molar-refractivity contribution in [1.29, 1.82) is 0 Å². The smallest absolute Gasteiger partial charge is 0.225 e. The van der Waals surface area contributed by atoms with Crippen LogP contribution < -0.4 is 5.32 Å². The van der Waals surface area contributed by atoms with Gasteiger partial charge in [0.25, 0.3) is 0 Å². The molecule has 0 aromatic carbocycles. The average molecular weight is 375 g/mol. The van der Waals surface area contributed by atoms with E-state index in [1.807, 2.05) is 9.80 Å². The number of hydrogen-bond acceptors (Lipinski definition) is 5. The van der Waals surface area contributed by atoms with Crippen molar-refractivity contribution in [2.45, 2.75) is 19.3 Å². The number of morpholine rings is 1. The van der Waals surface area contributed by atoms with Crippen LogP contribution in [0.2, 0.25) is 0 Å². The van der Waals surface area contributed by atoms with E-state index in [2.05, 4.69) is 10.2 Å². The monoisotopic (exact) mass is 374 g/mol. The minimum absolute atomic E-state index is 0. The highest BCUT2D eigenvalue weighted by atomic mass is 35.5. The minimum atomic E-state index is 0. The molecule has 25 heavy (non-hydrogen) atoms. The van der Waals surface area contributed by atoms with Crippen LogP contribution in [0.1, 0.15) is 19.3 Å². The summed E-state index contributed by atoms with van der Waals surface area (Å²) in [6.45, 7) is 8.94. The summed E-state index contributed by atoms with van der Waals surface area (Å²) < 4.78 is 5.32.